The topological polar surface area (TPSA) is 0 Å². The van der Waals surface area contributed by atoms with Crippen LogP contribution >= 0.6 is 27.5 Å². The molecule has 0 aliphatic heterocycles. The van der Waals surface area contributed by atoms with Gasteiger partial charge in [-0.2, -0.15) is 0 Å². The predicted octanol–water partition coefficient (Wildman–Crippen LogP) is 6.03. The summed E-state index contributed by atoms with van der Waals surface area (Å²) in [7, 11) is 0. The van der Waals surface area contributed by atoms with Gasteiger partial charge >= 0.3 is 0 Å². The van der Waals surface area contributed by atoms with E-state index in [-0.39, 0.29) is 5.82 Å². The van der Waals surface area contributed by atoms with E-state index in [2.05, 4.69) is 29.8 Å². The van der Waals surface area contributed by atoms with Crippen molar-refractivity contribution in [3.8, 4) is 11.1 Å². The molecule has 0 bridgehead atoms. The Kier molecular flexibility index (Phi) is 4.08. The summed E-state index contributed by atoms with van der Waals surface area (Å²) in [4.78, 5) is 0. The molecule has 18 heavy (non-hydrogen) atoms. The van der Waals surface area contributed by atoms with E-state index in [1.54, 1.807) is 6.07 Å². The molecule has 0 unspecified atom stereocenters. The van der Waals surface area contributed by atoms with Crippen LogP contribution in [-0.2, 0) is 0 Å². The first-order chi connectivity index (χ1) is 8.50. The van der Waals surface area contributed by atoms with Gasteiger partial charge in [-0.25, -0.2) is 4.39 Å². The van der Waals surface area contributed by atoms with E-state index in [9.17, 15) is 4.39 Å². The molecular weight excluding hydrogens is 315 g/mol. The molecule has 0 nitrogen and oxygen atoms in total. The molecule has 0 saturated heterocycles. The molecule has 0 saturated carbocycles. The van der Waals surface area contributed by atoms with Crippen LogP contribution in [0, 0.1) is 5.82 Å². The standard InChI is InChI=1S/C15H13BrClF/c1-9(2)11-4-3-5-13(15(11)17)12-7-6-10(16)8-14(12)18/h3-9H,1-2H3. The smallest absolute Gasteiger partial charge is 0.132 e. The Hall–Kier alpha value is -0.860. The molecule has 0 spiro atoms. The first-order valence-electron chi connectivity index (χ1n) is 5.74. The lowest BCUT2D eigenvalue weighted by molar-refractivity contribution is 0.630. The van der Waals surface area contributed by atoms with E-state index < -0.39 is 0 Å². The lowest BCUT2D eigenvalue weighted by atomic mass is 9.97. The Morgan fingerprint density at radius 2 is 1.83 bits per heavy atom. The van der Waals surface area contributed by atoms with E-state index >= 15 is 0 Å². The monoisotopic (exact) mass is 326 g/mol. The zero-order valence-electron chi connectivity index (χ0n) is 10.2. The second-order valence-electron chi connectivity index (χ2n) is 4.49. The lowest BCUT2D eigenvalue weighted by Gasteiger charge is -2.13. The maximum atomic E-state index is 14.0. The van der Waals surface area contributed by atoms with Crippen LogP contribution in [0.4, 0.5) is 4.39 Å². The second kappa shape index (κ2) is 5.41. The van der Waals surface area contributed by atoms with Crippen LogP contribution < -0.4 is 0 Å². The molecule has 2 rings (SSSR count). The molecule has 0 aromatic heterocycles. The van der Waals surface area contributed by atoms with Crippen molar-refractivity contribution in [2.75, 3.05) is 0 Å². The molecule has 0 aliphatic carbocycles. The van der Waals surface area contributed by atoms with Crippen molar-refractivity contribution >= 4 is 27.5 Å². The molecule has 0 amide bonds. The van der Waals surface area contributed by atoms with Crippen molar-refractivity contribution in [1.29, 1.82) is 0 Å². The summed E-state index contributed by atoms with van der Waals surface area (Å²) in [6.45, 7) is 4.14. The van der Waals surface area contributed by atoms with Gasteiger partial charge in [0.1, 0.15) is 5.82 Å². The van der Waals surface area contributed by atoms with Crippen LogP contribution in [0.1, 0.15) is 25.3 Å². The van der Waals surface area contributed by atoms with E-state index in [1.807, 2.05) is 24.3 Å². The maximum absolute atomic E-state index is 14.0. The highest BCUT2D eigenvalue weighted by Gasteiger charge is 2.13. The Morgan fingerprint density at radius 1 is 1.11 bits per heavy atom. The van der Waals surface area contributed by atoms with E-state index in [4.69, 9.17) is 11.6 Å². The fourth-order valence-corrected chi connectivity index (χ4v) is 2.69. The first-order valence-corrected chi connectivity index (χ1v) is 6.91. The van der Waals surface area contributed by atoms with Gasteiger partial charge in [0, 0.05) is 15.6 Å². The minimum atomic E-state index is -0.271. The van der Waals surface area contributed by atoms with Crippen molar-refractivity contribution < 1.29 is 4.39 Å². The average Bonchev–Trinajstić information content (AvgIpc) is 2.30. The Balaban J connectivity index is 2.61. The van der Waals surface area contributed by atoms with Crippen molar-refractivity contribution in [3.63, 3.8) is 0 Å². The first kappa shape index (κ1) is 13.6. The fraction of sp³-hybridized carbons (Fsp3) is 0.200. The van der Waals surface area contributed by atoms with Gasteiger partial charge in [0.05, 0.1) is 5.02 Å². The summed E-state index contributed by atoms with van der Waals surface area (Å²) >= 11 is 9.62. The Labute approximate surface area is 120 Å². The highest BCUT2D eigenvalue weighted by Crippen LogP contribution is 2.35. The van der Waals surface area contributed by atoms with Crippen LogP contribution in [0.25, 0.3) is 11.1 Å². The molecule has 2 aromatic carbocycles. The second-order valence-corrected chi connectivity index (χ2v) is 5.78. The maximum Gasteiger partial charge on any atom is 0.132 e. The molecule has 0 N–H and O–H groups in total. The Morgan fingerprint density at radius 3 is 2.44 bits per heavy atom. The third-order valence-corrected chi connectivity index (χ3v) is 3.79. The van der Waals surface area contributed by atoms with Crippen molar-refractivity contribution in [1.82, 2.24) is 0 Å². The van der Waals surface area contributed by atoms with E-state index in [0.717, 1.165) is 15.6 Å². The molecule has 0 aliphatic rings. The van der Waals surface area contributed by atoms with Gasteiger partial charge in [-0.3, -0.25) is 0 Å². The summed E-state index contributed by atoms with van der Waals surface area (Å²) in [5.41, 5.74) is 2.31. The fourth-order valence-electron chi connectivity index (χ4n) is 1.91. The van der Waals surface area contributed by atoms with Gasteiger partial charge in [-0.15, -0.1) is 0 Å². The quantitative estimate of drug-likeness (QED) is 0.631. The number of rotatable bonds is 2. The van der Waals surface area contributed by atoms with Crippen molar-refractivity contribution in [3.05, 3.63) is 57.3 Å². The number of halogens is 3. The van der Waals surface area contributed by atoms with Crippen molar-refractivity contribution in [2.45, 2.75) is 19.8 Å². The van der Waals surface area contributed by atoms with Gasteiger partial charge in [-0.1, -0.05) is 65.6 Å². The zero-order valence-corrected chi connectivity index (χ0v) is 12.5. The van der Waals surface area contributed by atoms with E-state index in [1.165, 1.54) is 6.07 Å². The van der Waals surface area contributed by atoms with Crippen LogP contribution in [0.2, 0.25) is 5.02 Å². The zero-order chi connectivity index (χ0) is 13.3. The Bertz CT molecular complexity index is 579. The van der Waals surface area contributed by atoms with Crippen molar-refractivity contribution in [2.24, 2.45) is 0 Å². The number of hydrogen-bond acceptors (Lipinski definition) is 0. The molecule has 94 valence electrons. The molecule has 0 fully saturated rings. The average molecular weight is 328 g/mol. The van der Waals surface area contributed by atoms with Crippen LogP contribution in [0.5, 0.6) is 0 Å². The third kappa shape index (κ3) is 2.60. The summed E-state index contributed by atoms with van der Waals surface area (Å²) < 4.78 is 14.7. The minimum Gasteiger partial charge on any atom is -0.206 e. The van der Waals surface area contributed by atoms with Crippen LogP contribution in [0.3, 0.4) is 0 Å². The highest BCUT2D eigenvalue weighted by atomic mass is 79.9. The number of benzene rings is 2. The molecule has 0 heterocycles. The molecule has 2 aromatic rings. The molecule has 0 radical (unpaired) electrons. The summed E-state index contributed by atoms with van der Waals surface area (Å²) in [6.07, 6.45) is 0. The van der Waals surface area contributed by atoms with Crippen LogP contribution in [-0.4, -0.2) is 0 Å². The van der Waals surface area contributed by atoms with Gasteiger partial charge in [0.2, 0.25) is 0 Å². The molecular formula is C15H13BrClF. The van der Waals surface area contributed by atoms with Gasteiger partial charge < -0.3 is 0 Å². The van der Waals surface area contributed by atoms with Gasteiger partial charge in [0.25, 0.3) is 0 Å². The van der Waals surface area contributed by atoms with Gasteiger partial charge in [-0.05, 0) is 23.6 Å². The van der Waals surface area contributed by atoms with Crippen LogP contribution in [0.15, 0.2) is 40.9 Å². The normalized spacial score (nSPS) is 11.0. The summed E-state index contributed by atoms with van der Waals surface area (Å²) in [5.74, 6) is 0.0446. The predicted molar refractivity (Wildman–Crippen MR) is 78.6 cm³/mol. The minimum absolute atomic E-state index is 0.271. The SMILES string of the molecule is CC(C)c1cccc(-c2ccc(Br)cc2F)c1Cl. The molecule has 3 heteroatoms. The number of hydrogen-bond donors (Lipinski definition) is 0. The summed E-state index contributed by atoms with van der Waals surface area (Å²) in [6, 6.07) is 10.8. The summed E-state index contributed by atoms with van der Waals surface area (Å²) in [5, 5.41) is 0.633. The van der Waals surface area contributed by atoms with E-state index in [0.29, 0.717) is 16.5 Å². The lowest BCUT2D eigenvalue weighted by Crippen LogP contribution is -1.92. The van der Waals surface area contributed by atoms with Gasteiger partial charge in [0.15, 0.2) is 0 Å². The molecule has 0 atom stereocenters. The largest absolute Gasteiger partial charge is 0.206 e. The third-order valence-electron chi connectivity index (χ3n) is 2.87. The highest BCUT2D eigenvalue weighted by molar-refractivity contribution is 9.10.